The van der Waals surface area contributed by atoms with Crippen LogP contribution in [0.3, 0.4) is 0 Å². The molecular formula is C12H18N2OS. The van der Waals surface area contributed by atoms with Crippen LogP contribution in [-0.2, 0) is 0 Å². The van der Waals surface area contributed by atoms with Crippen LogP contribution in [0.4, 0.5) is 0 Å². The molecule has 88 valence electrons. The van der Waals surface area contributed by atoms with E-state index in [4.69, 9.17) is 0 Å². The molecule has 0 spiro atoms. The fourth-order valence-corrected chi connectivity index (χ4v) is 2.74. The minimum Gasteiger partial charge on any atom is -0.335 e. The first-order valence-electron chi connectivity index (χ1n) is 5.86. The highest BCUT2D eigenvalue weighted by Gasteiger charge is 2.21. The highest BCUT2D eigenvalue weighted by atomic mass is 32.1. The van der Waals surface area contributed by atoms with Crippen molar-refractivity contribution < 1.29 is 4.79 Å². The van der Waals surface area contributed by atoms with Crippen LogP contribution < -0.4 is 0 Å². The van der Waals surface area contributed by atoms with Gasteiger partial charge in [-0.1, -0.05) is 13.0 Å². The molecule has 0 N–H and O–H groups in total. The molecule has 0 radical (unpaired) electrons. The lowest BCUT2D eigenvalue weighted by Crippen LogP contribution is -2.48. The molecular weight excluding hydrogens is 220 g/mol. The molecule has 0 unspecified atom stereocenters. The third-order valence-corrected chi connectivity index (χ3v) is 3.79. The van der Waals surface area contributed by atoms with Crippen LogP contribution >= 0.6 is 11.3 Å². The minimum absolute atomic E-state index is 0.200. The smallest absolute Gasteiger partial charge is 0.264 e. The maximum atomic E-state index is 12.0. The van der Waals surface area contributed by atoms with Gasteiger partial charge in [0.05, 0.1) is 4.88 Å². The first-order valence-corrected chi connectivity index (χ1v) is 6.74. The van der Waals surface area contributed by atoms with Crippen molar-refractivity contribution in [2.24, 2.45) is 0 Å². The Labute approximate surface area is 101 Å². The van der Waals surface area contributed by atoms with Crippen molar-refractivity contribution in [2.75, 3.05) is 32.7 Å². The fourth-order valence-electron chi connectivity index (χ4n) is 2.05. The van der Waals surface area contributed by atoms with E-state index in [1.165, 1.54) is 17.8 Å². The quantitative estimate of drug-likeness (QED) is 0.803. The molecule has 1 aromatic heterocycles. The molecule has 2 heterocycles. The van der Waals surface area contributed by atoms with Gasteiger partial charge in [0.1, 0.15) is 0 Å². The lowest BCUT2D eigenvalue weighted by Gasteiger charge is -2.34. The molecule has 3 nitrogen and oxygen atoms in total. The van der Waals surface area contributed by atoms with Crippen molar-refractivity contribution >= 4 is 17.2 Å². The molecule has 0 aromatic carbocycles. The summed E-state index contributed by atoms with van der Waals surface area (Å²) in [6, 6.07) is 3.84. The maximum Gasteiger partial charge on any atom is 0.264 e. The molecule has 0 bridgehead atoms. The number of rotatable bonds is 3. The van der Waals surface area contributed by atoms with Crippen LogP contribution in [0.15, 0.2) is 17.5 Å². The number of carbonyl (C=O) groups is 1. The number of hydrogen-bond donors (Lipinski definition) is 0. The highest BCUT2D eigenvalue weighted by Crippen LogP contribution is 2.13. The Bertz CT molecular complexity index is 329. The van der Waals surface area contributed by atoms with Gasteiger partial charge in [0.15, 0.2) is 0 Å². The number of thiophene rings is 1. The lowest BCUT2D eigenvalue weighted by atomic mass is 10.3. The van der Waals surface area contributed by atoms with Gasteiger partial charge in [0.2, 0.25) is 0 Å². The molecule has 1 amide bonds. The molecule has 16 heavy (non-hydrogen) atoms. The first kappa shape index (κ1) is 11.6. The first-order chi connectivity index (χ1) is 7.81. The standard InChI is InChI=1S/C12H18N2OS/c1-2-5-13-6-8-14(9-7-13)12(15)11-4-3-10-16-11/h3-4,10H,2,5-9H2,1H3. The zero-order chi connectivity index (χ0) is 11.4. The zero-order valence-electron chi connectivity index (χ0n) is 9.69. The molecule has 0 saturated carbocycles. The average molecular weight is 238 g/mol. The summed E-state index contributed by atoms with van der Waals surface area (Å²) in [4.78, 5) is 17.3. The van der Waals surface area contributed by atoms with Gasteiger partial charge >= 0.3 is 0 Å². The van der Waals surface area contributed by atoms with Gasteiger partial charge in [-0.25, -0.2) is 0 Å². The van der Waals surface area contributed by atoms with Gasteiger partial charge in [-0.2, -0.15) is 0 Å². The molecule has 2 rings (SSSR count). The summed E-state index contributed by atoms with van der Waals surface area (Å²) in [6.07, 6.45) is 1.19. The van der Waals surface area contributed by atoms with E-state index in [9.17, 15) is 4.79 Å². The largest absolute Gasteiger partial charge is 0.335 e. The summed E-state index contributed by atoms with van der Waals surface area (Å²) in [5.41, 5.74) is 0. The Balaban J connectivity index is 1.87. The predicted octanol–water partition coefficient (Wildman–Crippen LogP) is 1.92. The highest BCUT2D eigenvalue weighted by molar-refractivity contribution is 7.12. The molecule has 0 aliphatic carbocycles. The van der Waals surface area contributed by atoms with Crippen molar-refractivity contribution in [3.63, 3.8) is 0 Å². The van der Waals surface area contributed by atoms with Crippen molar-refractivity contribution in [1.82, 2.24) is 9.80 Å². The molecule has 1 fully saturated rings. The van der Waals surface area contributed by atoms with E-state index in [2.05, 4.69) is 11.8 Å². The summed E-state index contributed by atoms with van der Waals surface area (Å²) in [5.74, 6) is 0.200. The van der Waals surface area contributed by atoms with Gasteiger partial charge in [-0.15, -0.1) is 11.3 Å². The van der Waals surface area contributed by atoms with E-state index in [-0.39, 0.29) is 5.91 Å². The monoisotopic (exact) mass is 238 g/mol. The Morgan fingerprint density at radius 1 is 1.38 bits per heavy atom. The topological polar surface area (TPSA) is 23.6 Å². The van der Waals surface area contributed by atoms with Crippen LogP contribution in [0.2, 0.25) is 0 Å². The normalized spacial score (nSPS) is 17.7. The molecule has 1 saturated heterocycles. The van der Waals surface area contributed by atoms with Crippen molar-refractivity contribution in [3.05, 3.63) is 22.4 Å². The van der Waals surface area contributed by atoms with E-state index < -0.39 is 0 Å². The van der Waals surface area contributed by atoms with Gasteiger partial charge in [-0.3, -0.25) is 9.69 Å². The zero-order valence-corrected chi connectivity index (χ0v) is 10.5. The Hall–Kier alpha value is -0.870. The van der Waals surface area contributed by atoms with Crippen LogP contribution in [0, 0.1) is 0 Å². The van der Waals surface area contributed by atoms with Crippen LogP contribution in [-0.4, -0.2) is 48.4 Å². The van der Waals surface area contributed by atoms with Crippen LogP contribution in [0.25, 0.3) is 0 Å². The Morgan fingerprint density at radius 3 is 2.69 bits per heavy atom. The summed E-state index contributed by atoms with van der Waals surface area (Å²) < 4.78 is 0. The fraction of sp³-hybridized carbons (Fsp3) is 0.583. The third kappa shape index (κ3) is 2.62. The second-order valence-electron chi connectivity index (χ2n) is 4.11. The van der Waals surface area contributed by atoms with Crippen molar-refractivity contribution in [2.45, 2.75) is 13.3 Å². The van der Waals surface area contributed by atoms with Gasteiger partial charge in [0.25, 0.3) is 5.91 Å². The Kier molecular flexibility index (Phi) is 3.96. The number of amides is 1. The average Bonchev–Trinajstić information content (AvgIpc) is 2.83. The second kappa shape index (κ2) is 5.46. The number of piperazine rings is 1. The molecule has 4 heteroatoms. The third-order valence-electron chi connectivity index (χ3n) is 2.93. The van der Waals surface area contributed by atoms with E-state index >= 15 is 0 Å². The predicted molar refractivity (Wildman–Crippen MR) is 67.0 cm³/mol. The van der Waals surface area contributed by atoms with Gasteiger partial charge in [0, 0.05) is 26.2 Å². The van der Waals surface area contributed by atoms with Gasteiger partial charge < -0.3 is 4.90 Å². The number of nitrogens with zero attached hydrogens (tertiary/aromatic N) is 2. The molecule has 1 aromatic rings. The van der Waals surface area contributed by atoms with Crippen LogP contribution in [0.1, 0.15) is 23.0 Å². The Morgan fingerprint density at radius 2 is 2.12 bits per heavy atom. The maximum absolute atomic E-state index is 12.0. The summed E-state index contributed by atoms with van der Waals surface area (Å²) in [7, 11) is 0. The van der Waals surface area contributed by atoms with Crippen molar-refractivity contribution in [3.8, 4) is 0 Å². The van der Waals surface area contributed by atoms with Gasteiger partial charge in [-0.05, 0) is 24.4 Å². The van der Waals surface area contributed by atoms with Crippen LogP contribution in [0.5, 0.6) is 0 Å². The number of hydrogen-bond acceptors (Lipinski definition) is 3. The molecule has 0 atom stereocenters. The molecule has 1 aliphatic rings. The minimum atomic E-state index is 0.200. The van der Waals surface area contributed by atoms with E-state index in [1.54, 1.807) is 0 Å². The van der Waals surface area contributed by atoms with E-state index in [1.807, 2.05) is 22.4 Å². The van der Waals surface area contributed by atoms with Crippen molar-refractivity contribution in [1.29, 1.82) is 0 Å². The SMILES string of the molecule is CCCN1CCN(C(=O)c2cccs2)CC1. The second-order valence-corrected chi connectivity index (χ2v) is 5.06. The van der Waals surface area contributed by atoms with E-state index in [0.29, 0.717) is 0 Å². The summed E-state index contributed by atoms with van der Waals surface area (Å²) in [5, 5.41) is 1.96. The summed E-state index contributed by atoms with van der Waals surface area (Å²) in [6.45, 7) is 7.13. The lowest BCUT2D eigenvalue weighted by molar-refractivity contribution is 0.0642. The molecule has 1 aliphatic heterocycles. The van der Waals surface area contributed by atoms with E-state index in [0.717, 1.165) is 37.6 Å². The summed E-state index contributed by atoms with van der Waals surface area (Å²) >= 11 is 1.53. The number of carbonyl (C=O) groups excluding carboxylic acids is 1.